The number of amides is 1. The Morgan fingerprint density at radius 2 is 2.00 bits per heavy atom. The van der Waals surface area contributed by atoms with Gasteiger partial charge < -0.3 is 19.9 Å². The summed E-state index contributed by atoms with van der Waals surface area (Å²) in [5.41, 5.74) is 1.68. The van der Waals surface area contributed by atoms with E-state index < -0.39 is 0 Å². The number of nitrogens with zero attached hydrogens (tertiary/aromatic N) is 3. The lowest BCUT2D eigenvalue weighted by Gasteiger charge is -2.34. The van der Waals surface area contributed by atoms with Crippen molar-refractivity contribution in [1.82, 2.24) is 15.2 Å². The summed E-state index contributed by atoms with van der Waals surface area (Å²) in [5.74, 6) is 1.57. The van der Waals surface area contributed by atoms with Gasteiger partial charge in [0.1, 0.15) is 0 Å². The number of ether oxygens (including phenoxy) is 1. The zero-order valence-electron chi connectivity index (χ0n) is 17.5. The van der Waals surface area contributed by atoms with Crippen LogP contribution in [0.25, 0.3) is 10.2 Å². The third-order valence-electron chi connectivity index (χ3n) is 5.80. The van der Waals surface area contributed by atoms with Crippen molar-refractivity contribution >= 4 is 32.6 Å². The van der Waals surface area contributed by atoms with Crippen LogP contribution >= 0.6 is 11.3 Å². The molecule has 0 spiro atoms. The lowest BCUT2D eigenvalue weighted by atomic mass is 9.92. The average molecular weight is 417 g/mol. The topological polar surface area (TPSA) is 57.7 Å². The number of likely N-dealkylation sites (tertiary alicyclic amines) is 1. The van der Waals surface area contributed by atoms with Crippen molar-refractivity contribution in [1.29, 1.82) is 0 Å². The Morgan fingerprint density at radius 1 is 1.24 bits per heavy atom. The van der Waals surface area contributed by atoms with Crippen LogP contribution in [0, 0.1) is 11.8 Å². The van der Waals surface area contributed by atoms with Gasteiger partial charge in [0, 0.05) is 38.3 Å². The Balaban J connectivity index is 1.29. The van der Waals surface area contributed by atoms with Crippen molar-refractivity contribution in [3.05, 3.63) is 23.8 Å². The molecule has 1 amide bonds. The number of carbonyl (C=O) groups excluding carboxylic acids is 1. The van der Waals surface area contributed by atoms with Crippen molar-refractivity contribution in [2.24, 2.45) is 11.8 Å². The maximum absolute atomic E-state index is 12.6. The van der Waals surface area contributed by atoms with Crippen molar-refractivity contribution in [2.75, 3.05) is 57.4 Å². The van der Waals surface area contributed by atoms with Crippen LogP contribution in [0.4, 0.5) is 5.13 Å². The second kappa shape index (κ2) is 9.41. The van der Waals surface area contributed by atoms with Gasteiger partial charge in [-0.1, -0.05) is 25.2 Å². The number of aromatic nitrogens is 1. The fourth-order valence-corrected chi connectivity index (χ4v) is 5.58. The van der Waals surface area contributed by atoms with Crippen molar-refractivity contribution < 1.29 is 9.53 Å². The number of carbonyl (C=O) groups is 1. The molecule has 0 radical (unpaired) electrons. The summed E-state index contributed by atoms with van der Waals surface area (Å²) in [5, 5.41) is 4.11. The SMILES string of the molecule is C[C@H]1C[C@H](C)CN(CCCNC(=O)c2ccc3nc(N4CCOCC4)sc3c2)C1. The van der Waals surface area contributed by atoms with Gasteiger partial charge in [-0.15, -0.1) is 0 Å². The molecule has 29 heavy (non-hydrogen) atoms. The summed E-state index contributed by atoms with van der Waals surface area (Å²) in [6.07, 6.45) is 2.33. The second-order valence-electron chi connectivity index (χ2n) is 8.59. The number of thiazole rings is 1. The van der Waals surface area contributed by atoms with Crippen LogP contribution in [-0.2, 0) is 4.74 Å². The smallest absolute Gasteiger partial charge is 0.251 e. The van der Waals surface area contributed by atoms with E-state index in [4.69, 9.17) is 9.72 Å². The third kappa shape index (κ3) is 5.27. The number of fused-ring (bicyclic) bond motifs is 1. The van der Waals surface area contributed by atoms with Crippen LogP contribution in [0.5, 0.6) is 0 Å². The molecule has 1 aromatic heterocycles. The van der Waals surface area contributed by atoms with E-state index in [9.17, 15) is 4.79 Å². The molecule has 0 aliphatic carbocycles. The first kappa shape index (κ1) is 20.6. The maximum Gasteiger partial charge on any atom is 0.251 e. The molecule has 4 rings (SSSR count). The number of morpholine rings is 1. The molecule has 3 heterocycles. The summed E-state index contributed by atoms with van der Waals surface area (Å²) in [6, 6.07) is 5.82. The van der Waals surface area contributed by atoms with Gasteiger partial charge in [0.15, 0.2) is 5.13 Å². The van der Waals surface area contributed by atoms with Crippen LogP contribution in [0.2, 0.25) is 0 Å². The monoisotopic (exact) mass is 416 g/mol. The first-order chi connectivity index (χ1) is 14.1. The molecular weight excluding hydrogens is 384 g/mol. The van der Waals surface area contributed by atoms with Crippen LogP contribution in [0.1, 0.15) is 37.0 Å². The lowest BCUT2D eigenvalue weighted by molar-refractivity contribution is 0.0947. The molecule has 2 saturated heterocycles. The Hall–Kier alpha value is -1.70. The largest absolute Gasteiger partial charge is 0.378 e. The summed E-state index contributed by atoms with van der Waals surface area (Å²) in [6.45, 7) is 12.1. The number of hydrogen-bond donors (Lipinski definition) is 1. The second-order valence-corrected chi connectivity index (χ2v) is 9.60. The van der Waals surface area contributed by atoms with Crippen molar-refractivity contribution in [3.8, 4) is 0 Å². The zero-order valence-corrected chi connectivity index (χ0v) is 18.3. The Morgan fingerprint density at radius 3 is 2.76 bits per heavy atom. The molecule has 6 nitrogen and oxygen atoms in total. The molecule has 1 aromatic carbocycles. The number of nitrogens with one attached hydrogen (secondary N) is 1. The Labute approximate surface area is 177 Å². The van der Waals surface area contributed by atoms with E-state index in [-0.39, 0.29) is 5.91 Å². The molecule has 2 aliphatic heterocycles. The summed E-state index contributed by atoms with van der Waals surface area (Å²) < 4.78 is 6.49. The van der Waals surface area contributed by atoms with Crippen molar-refractivity contribution in [3.63, 3.8) is 0 Å². The normalized spacial score (nSPS) is 23.4. The summed E-state index contributed by atoms with van der Waals surface area (Å²) >= 11 is 1.66. The third-order valence-corrected chi connectivity index (χ3v) is 6.88. The van der Waals surface area contributed by atoms with Gasteiger partial charge >= 0.3 is 0 Å². The maximum atomic E-state index is 12.6. The Bertz CT molecular complexity index is 823. The fourth-order valence-electron chi connectivity index (χ4n) is 4.52. The molecule has 1 N–H and O–H groups in total. The highest BCUT2D eigenvalue weighted by Gasteiger charge is 2.21. The fraction of sp³-hybridized carbons (Fsp3) is 0.636. The molecule has 2 aliphatic rings. The minimum Gasteiger partial charge on any atom is -0.378 e. The van der Waals surface area contributed by atoms with E-state index >= 15 is 0 Å². The van der Waals surface area contributed by atoms with E-state index in [0.717, 1.165) is 78.6 Å². The number of benzene rings is 1. The van der Waals surface area contributed by atoms with Gasteiger partial charge in [-0.2, -0.15) is 0 Å². The number of anilines is 1. The predicted molar refractivity (Wildman–Crippen MR) is 119 cm³/mol. The predicted octanol–water partition coefficient (Wildman–Crippen LogP) is 3.23. The first-order valence-corrected chi connectivity index (χ1v) is 11.6. The highest BCUT2D eigenvalue weighted by molar-refractivity contribution is 7.22. The highest BCUT2D eigenvalue weighted by Crippen LogP contribution is 2.30. The molecule has 0 unspecified atom stereocenters. The molecule has 2 fully saturated rings. The average Bonchev–Trinajstić information content (AvgIpc) is 3.14. The van der Waals surface area contributed by atoms with E-state index in [1.165, 1.54) is 19.5 Å². The molecule has 0 bridgehead atoms. The van der Waals surface area contributed by atoms with Gasteiger partial charge in [0.25, 0.3) is 5.91 Å². The van der Waals surface area contributed by atoms with Gasteiger partial charge in [0.05, 0.1) is 23.4 Å². The molecule has 158 valence electrons. The minimum absolute atomic E-state index is 0.00797. The quantitative estimate of drug-likeness (QED) is 0.733. The van der Waals surface area contributed by atoms with Crippen LogP contribution in [0.15, 0.2) is 18.2 Å². The highest BCUT2D eigenvalue weighted by atomic mass is 32.1. The number of piperidine rings is 1. The summed E-state index contributed by atoms with van der Waals surface area (Å²) in [4.78, 5) is 22.1. The van der Waals surface area contributed by atoms with E-state index in [2.05, 4.69) is 29.0 Å². The van der Waals surface area contributed by atoms with Gasteiger partial charge in [-0.3, -0.25) is 4.79 Å². The van der Waals surface area contributed by atoms with Crippen LogP contribution in [-0.4, -0.2) is 68.3 Å². The van der Waals surface area contributed by atoms with Gasteiger partial charge in [0.2, 0.25) is 0 Å². The van der Waals surface area contributed by atoms with E-state index in [1.807, 2.05) is 18.2 Å². The number of hydrogen-bond acceptors (Lipinski definition) is 6. The minimum atomic E-state index is 0.00797. The van der Waals surface area contributed by atoms with Crippen LogP contribution < -0.4 is 10.2 Å². The van der Waals surface area contributed by atoms with E-state index in [0.29, 0.717) is 0 Å². The van der Waals surface area contributed by atoms with Crippen molar-refractivity contribution in [2.45, 2.75) is 26.7 Å². The Kier molecular flexibility index (Phi) is 6.67. The first-order valence-electron chi connectivity index (χ1n) is 10.8. The van der Waals surface area contributed by atoms with Gasteiger partial charge in [-0.25, -0.2) is 4.98 Å². The lowest BCUT2D eigenvalue weighted by Crippen LogP contribution is -2.40. The molecule has 2 atom stereocenters. The zero-order chi connectivity index (χ0) is 20.2. The molecule has 7 heteroatoms. The van der Waals surface area contributed by atoms with Crippen LogP contribution in [0.3, 0.4) is 0 Å². The van der Waals surface area contributed by atoms with Gasteiger partial charge in [-0.05, 0) is 49.4 Å². The molecule has 2 aromatic rings. The number of rotatable bonds is 6. The van der Waals surface area contributed by atoms with E-state index in [1.54, 1.807) is 11.3 Å². The standard InChI is InChI=1S/C22H32N4O2S/c1-16-12-17(2)15-25(14-16)7-3-6-23-21(27)18-4-5-19-20(13-18)29-22(24-19)26-8-10-28-11-9-26/h4-5,13,16-17H,3,6-12,14-15H2,1-2H3,(H,23,27)/t16-,17-/m0/s1. The summed E-state index contributed by atoms with van der Waals surface area (Å²) in [7, 11) is 0. The molecular formula is C22H32N4O2S. The molecule has 0 saturated carbocycles.